The maximum Gasteiger partial charge on any atom is 0.0826 e. The van der Waals surface area contributed by atoms with Gasteiger partial charge < -0.3 is 10.1 Å². The Labute approximate surface area is 121 Å². The predicted molar refractivity (Wildman–Crippen MR) is 81.8 cm³/mol. The number of aryl methyl sites for hydroxylation is 1. The van der Waals surface area contributed by atoms with E-state index in [-0.39, 0.29) is 0 Å². The molecule has 1 aliphatic rings. The maximum absolute atomic E-state index is 5.84. The SMILES string of the molecule is Cc1ccsc1CNCC1CN(CC(C)C)CCO1. The van der Waals surface area contributed by atoms with Crippen LogP contribution in [0.15, 0.2) is 11.4 Å². The van der Waals surface area contributed by atoms with Crippen LogP contribution in [0.4, 0.5) is 0 Å². The molecule has 1 unspecified atom stereocenters. The van der Waals surface area contributed by atoms with Gasteiger partial charge in [-0.1, -0.05) is 13.8 Å². The number of nitrogens with zero attached hydrogens (tertiary/aromatic N) is 1. The van der Waals surface area contributed by atoms with Crippen molar-refractivity contribution in [2.45, 2.75) is 33.4 Å². The monoisotopic (exact) mass is 282 g/mol. The molecule has 1 aliphatic heterocycles. The van der Waals surface area contributed by atoms with Crippen LogP contribution >= 0.6 is 11.3 Å². The number of rotatable bonds is 6. The molecule has 1 N–H and O–H groups in total. The highest BCUT2D eigenvalue weighted by atomic mass is 32.1. The second-order valence-electron chi connectivity index (χ2n) is 5.80. The molecule has 0 aromatic carbocycles. The smallest absolute Gasteiger partial charge is 0.0826 e. The molecule has 1 aromatic heterocycles. The molecule has 3 nitrogen and oxygen atoms in total. The zero-order chi connectivity index (χ0) is 13.7. The molecule has 0 spiro atoms. The Morgan fingerprint density at radius 1 is 1.53 bits per heavy atom. The first-order valence-electron chi connectivity index (χ1n) is 7.23. The van der Waals surface area contributed by atoms with Crippen LogP contribution in [-0.2, 0) is 11.3 Å². The fourth-order valence-corrected chi connectivity index (χ4v) is 3.39. The first-order chi connectivity index (χ1) is 9.15. The Balaban J connectivity index is 1.69. The van der Waals surface area contributed by atoms with Crippen molar-refractivity contribution in [3.63, 3.8) is 0 Å². The van der Waals surface area contributed by atoms with E-state index in [0.717, 1.165) is 38.7 Å². The van der Waals surface area contributed by atoms with Gasteiger partial charge in [0.25, 0.3) is 0 Å². The molecule has 19 heavy (non-hydrogen) atoms. The molecule has 0 bridgehead atoms. The van der Waals surface area contributed by atoms with Crippen molar-refractivity contribution in [2.75, 3.05) is 32.8 Å². The standard InChI is InChI=1S/C15H26N2OS/c1-12(2)10-17-5-6-18-14(11-17)8-16-9-15-13(3)4-7-19-15/h4,7,12,14,16H,5-6,8-11H2,1-3H3. The quantitative estimate of drug-likeness (QED) is 0.867. The number of hydrogen-bond acceptors (Lipinski definition) is 4. The number of hydrogen-bond donors (Lipinski definition) is 1. The van der Waals surface area contributed by atoms with Crippen LogP contribution in [0.2, 0.25) is 0 Å². The fraction of sp³-hybridized carbons (Fsp3) is 0.733. The summed E-state index contributed by atoms with van der Waals surface area (Å²) >= 11 is 1.83. The minimum absolute atomic E-state index is 0.341. The van der Waals surface area contributed by atoms with E-state index >= 15 is 0 Å². The molecule has 0 saturated carbocycles. The molecular formula is C15H26N2OS. The molecule has 1 aromatic rings. The van der Waals surface area contributed by atoms with Crippen molar-refractivity contribution in [2.24, 2.45) is 5.92 Å². The summed E-state index contributed by atoms with van der Waals surface area (Å²) < 4.78 is 5.84. The molecule has 0 aliphatic carbocycles. The second-order valence-corrected chi connectivity index (χ2v) is 6.80. The Kier molecular flexibility index (Phi) is 5.82. The summed E-state index contributed by atoms with van der Waals surface area (Å²) in [6, 6.07) is 2.18. The Bertz CT molecular complexity index is 378. The molecule has 0 radical (unpaired) electrons. The van der Waals surface area contributed by atoms with E-state index in [0.29, 0.717) is 6.10 Å². The van der Waals surface area contributed by atoms with Crippen LogP contribution in [0, 0.1) is 12.8 Å². The number of morpholine rings is 1. The van der Waals surface area contributed by atoms with Gasteiger partial charge in [0.2, 0.25) is 0 Å². The van der Waals surface area contributed by atoms with Crippen molar-refractivity contribution in [1.82, 2.24) is 10.2 Å². The van der Waals surface area contributed by atoms with Gasteiger partial charge in [0, 0.05) is 37.6 Å². The Morgan fingerprint density at radius 2 is 2.37 bits per heavy atom. The lowest BCUT2D eigenvalue weighted by Gasteiger charge is -2.34. The fourth-order valence-electron chi connectivity index (χ4n) is 2.52. The number of ether oxygens (including phenoxy) is 1. The predicted octanol–water partition coefficient (Wildman–Crippen LogP) is 2.50. The maximum atomic E-state index is 5.84. The molecular weight excluding hydrogens is 256 g/mol. The molecule has 1 atom stereocenters. The van der Waals surface area contributed by atoms with Crippen LogP contribution in [0.1, 0.15) is 24.3 Å². The largest absolute Gasteiger partial charge is 0.374 e. The van der Waals surface area contributed by atoms with Gasteiger partial charge >= 0.3 is 0 Å². The number of thiophene rings is 1. The lowest BCUT2D eigenvalue weighted by atomic mass is 10.2. The topological polar surface area (TPSA) is 24.5 Å². The molecule has 2 heterocycles. The van der Waals surface area contributed by atoms with Crippen molar-refractivity contribution in [3.8, 4) is 0 Å². The first kappa shape index (κ1) is 15.0. The van der Waals surface area contributed by atoms with Crippen molar-refractivity contribution >= 4 is 11.3 Å². The minimum atomic E-state index is 0.341. The molecule has 1 saturated heterocycles. The van der Waals surface area contributed by atoms with E-state index in [1.807, 2.05) is 11.3 Å². The zero-order valence-corrected chi connectivity index (χ0v) is 13.1. The van der Waals surface area contributed by atoms with Crippen molar-refractivity contribution in [3.05, 3.63) is 21.9 Å². The van der Waals surface area contributed by atoms with E-state index in [1.165, 1.54) is 17.0 Å². The van der Waals surface area contributed by atoms with E-state index in [4.69, 9.17) is 4.74 Å². The summed E-state index contributed by atoms with van der Waals surface area (Å²) in [5.41, 5.74) is 1.39. The number of nitrogens with one attached hydrogen (secondary N) is 1. The summed E-state index contributed by atoms with van der Waals surface area (Å²) in [6.45, 7) is 12.9. The zero-order valence-electron chi connectivity index (χ0n) is 12.3. The lowest BCUT2D eigenvalue weighted by molar-refractivity contribution is -0.0303. The molecule has 0 amide bonds. The van der Waals surface area contributed by atoms with Gasteiger partial charge in [0.05, 0.1) is 12.7 Å². The van der Waals surface area contributed by atoms with Crippen molar-refractivity contribution in [1.29, 1.82) is 0 Å². The molecule has 1 fully saturated rings. The molecule has 108 valence electrons. The van der Waals surface area contributed by atoms with Crippen LogP contribution in [-0.4, -0.2) is 43.8 Å². The normalized spacial score (nSPS) is 21.2. The Morgan fingerprint density at radius 3 is 3.05 bits per heavy atom. The summed E-state index contributed by atoms with van der Waals surface area (Å²) in [4.78, 5) is 3.96. The molecule has 4 heteroatoms. The van der Waals surface area contributed by atoms with Crippen LogP contribution in [0.3, 0.4) is 0 Å². The van der Waals surface area contributed by atoms with E-state index in [2.05, 4.69) is 42.4 Å². The average molecular weight is 282 g/mol. The van der Waals surface area contributed by atoms with Gasteiger partial charge in [-0.15, -0.1) is 11.3 Å². The summed E-state index contributed by atoms with van der Waals surface area (Å²) in [5, 5.41) is 5.69. The van der Waals surface area contributed by atoms with Crippen LogP contribution < -0.4 is 5.32 Å². The van der Waals surface area contributed by atoms with Gasteiger partial charge in [0.1, 0.15) is 0 Å². The third-order valence-corrected chi connectivity index (χ3v) is 4.49. The van der Waals surface area contributed by atoms with Gasteiger partial charge in [-0.05, 0) is 29.9 Å². The van der Waals surface area contributed by atoms with E-state index in [9.17, 15) is 0 Å². The second kappa shape index (κ2) is 7.39. The highest BCUT2D eigenvalue weighted by Crippen LogP contribution is 2.15. The van der Waals surface area contributed by atoms with E-state index in [1.54, 1.807) is 0 Å². The summed E-state index contributed by atoms with van der Waals surface area (Å²) in [6.07, 6.45) is 0.341. The highest BCUT2D eigenvalue weighted by Gasteiger charge is 2.20. The summed E-state index contributed by atoms with van der Waals surface area (Å²) in [7, 11) is 0. The summed E-state index contributed by atoms with van der Waals surface area (Å²) in [5.74, 6) is 0.737. The third-order valence-electron chi connectivity index (χ3n) is 3.47. The van der Waals surface area contributed by atoms with Gasteiger partial charge in [-0.2, -0.15) is 0 Å². The average Bonchev–Trinajstić information content (AvgIpc) is 2.75. The van der Waals surface area contributed by atoms with Crippen LogP contribution in [0.25, 0.3) is 0 Å². The third kappa shape index (κ3) is 4.88. The lowest BCUT2D eigenvalue weighted by Crippen LogP contribution is -2.47. The highest BCUT2D eigenvalue weighted by molar-refractivity contribution is 7.10. The molecule has 2 rings (SSSR count). The van der Waals surface area contributed by atoms with Crippen molar-refractivity contribution < 1.29 is 4.74 Å². The Hall–Kier alpha value is -0.420. The first-order valence-corrected chi connectivity index (χ1v) is 8.10. The van der Waals surface area contributed by atoms with E-state index < -0.39 is 0 Å². The van der Waals surface area contributed by atoms with Gasteiger partial charge in [-0.3, -0.25) is 4.90 Å². The van der Waals surface area contributed by atoms with Gasteiger partial charge in [0.15, 0.2) is 0 Å². The van der Waals surface area contributed by atoms with Crippen LogP contribution in [0.5, 0.6) is 0 Å². The van der Waals surface area contributed by atoms with Gasteiger partial charge in [-0.25, -0.2) is 0 Å². The minimum Gasteiger partial charge on any atom is -0.374 e.